The number of rotatable bonds is 4. The lowest BCUT2D eigenvalue weighted by Crippen LogP contribution is -2.10. The summed E-state index contributed by atoms with van der Waals surface area (Å²) < 4.78 is 5.01. The van der Waals surface area contributed by atoms with E-state index in [4.69, 9.17) is 0 Å². The number of fused-ring (bicyclic) bond motifs is 11. The summed E-state index contributed by atoms with van der Waals surface area (Å²) >= 11 is 1.86. The van der Waals surface area contributed by atoms with Gasteiger partial charge in [0.2, 0.25) is 0 Å². The first-order chi connectivity index (χ1) is 26.3. The minimum atomic E-state index is 1.13. The second-order valence-corrected chi connectivity index (χ2v) is 15.2. The number of aromatic nitrogens is 1. The molecule has 0 N–H and O–H groups in total. The van der Waals surface area contributed by atoms with Gasteiger partial charge < -0.3 is 9.47 Å². The van der Waals surface area contributed by atoms with Gasteiger partial charge in [-0.2, -0.15) is 0 Å². The summed E-state index contributed by atoms with van der Waals surface area (Å²) in [5.41, 5.74) is 12.2. The van der Waals surface area contributed by atoms with Crippen molar-refractivity contribution in [3.05, 3.63) is 182 Å². The van der Waals surface area contributed by atoms with Gasteiger partial charge in [-0.1, -0.05) is 103 Å². The number of para-hydroxylation sites is 2. The van der Waals surface area contributed by atoms with Crippen molar-refractivity contribution in [3.63, 3.8) is 0 Å². The van der Waals surface area contributed by atoms with E-state index in [1.165, 1.54) is 85.8 Å². The molecule has 0 amide bonds. The van der Waals surface area contributed by atoms with Crippen molar-refractivity contribution in [1.82, 2.24) is 4.57 Å². The highest BCUT2D eigenvalue weighted by Crippen LogP contribution is 2.52. The van der Waals surface area contributed by atoms with Gasteiger partial charge in [0.1, 0.15) is 0 Å². The highest BCUT2D eigenvalue weighted by Gasteiger charge is 2.26. The summed E-state index contributed by atoms with van der Waals surface area (Å²) in [6.07, 6.45) is 0. The maximum atomic E-state index is 2.46. The number of hydrogen-bond donors (Lipinski definition) is 0. The Morgan fingerprint density at radius 3 is 1.94 bits per heavy atom. The fourth-order valence-electron chi connectivity index (χ4n) is 9.00. The zero-order valence-electron chi connectivity index (χ0n) is 28.6. The van der Waals surface area contributed by atoms with Crippen molar-refractivity contribution >= 4 is 91.9 Å². The maximum absolute atomic E-state index is 2.46. The topological polar surface area (TPSA) is 8.17 Å². The number of thiophene rings is 1. The highest BCUT2D eigenvalue weighted by atomic mass is 32.1. The molecule has 246 valence electrons. The molecule has 2 heterocycles. The van der Waals surface area contributed by atoms with Crippen LogP contribution in [0.5, 0.6) is 0 Å². The van der Waals surface area contributed by atoms with Gasteiger partial charge in [-0.25, -0.2) is 0 Å². The van der Waals surface area contributed by atoms with Crippen molar-refractivity contribution in [2.75, 3.05) is 4.90 Å². The van der Waals surface area contributed by atoms with Crippen molar-refractivity contribution in [2.24, 2.45) is 0 Å². The lowest BCUT2D eigenvalue weighted by atomic mass is 9.95. The van der Waals surface area contributed by atoms with E-state index in [0.717, 1.165) is 22.7 Å². The van der Waals surface area contributed by atoms with E-state index in [1.807, 2.05) is 11.3 Å². The van der Waals surface area contributed by atoms with Crippen LogP contribution in [0.3, 0.4) is 0 Å². The molecular formula is C50H30N2S. The van der Waals surface area contributed by atoms with Crippen LogP contribution >= 0.6 is 11.3 Å². The molecule has 12 rings (SSSR count). The van der Waals surface area contributed by atoms with E-state index in [9.17, 15) is 0 Å². The van der Waals surface area contributed by atoms with Crippen LogP contribution < -0.4 is 4.90 Å². The molecule has 0 saturated carbocycles. The summed E-state index contributed by atoms with van der Waals surface area (Å²) in [5.74, 6) is 0. The molecule has 0 unspecified atom stereocenters. The van der Waals surface area contributed by atoms with E-state index >= 15 is 0 Å². The molecule has 3 heteroatoms. The van der Waals surface area contributed by atoms with Gasteiger partial charge in [0, 0.05) is 53.7 Å². The standard InChI is InChI=1S/C50H30N2S/c1-2-13-33(14-3-1)52-45-19-8-6-16-39(45)42-28-35(22-25-46(42)52)51(36-23-26-48-43(29-36)40-17-7-9-20-47(40)53-48)34-21-24-38-41-18-10-12-32-27-31-11-4-5-15-37(31)50(49(32)41)44(38)30-34/h1-30H. The second kappa shape index (κ2) is 10.9. The van der Waals surface area contributed by atoms with Gasteiger partial charge in [0.25, 0.3) is 0 Å². The molecule has 1 aliphatic rings. The molecule has 2 aromatic heterocycles. The molecule has 0 radical (unpaired) electrons. The Kier molecular flexibility index (Phi) is 5.96. The van der Waals surface area contributed by atoms with E-state index in [1.54, 1.807) is 0 Å². The monoisotopic (exact) mass is 690 g/mol. The van der Waals surface area contributed by atoms with Crippen LogP contribution in [0, 0.1) is 0 Å². The number of nitrogens with zero attached hydrogens (tertiary/aromatic N) is 2. The largest absolute Gasteiger partial charge is 0.310 e. The molecular weight excluding hydrogens is 661 g/mol. The Morgan fingerprint density at radius 2 is 1.04 bits per heavy atom. The summed E-state index contributed by atoms with van der Waals surface area (Å²) in [5, 5.41) is 10.3. The van der Waals surface area contributed by atoms with Crippen LogP contribution in [-0.2, 0) is 0 Å². The summed E-state index contributed by atoms with van der Waals surface area (Å²) in [6, 6.07) is 67.3. The molecule has 0 saturated heterocycles. The van der Waals surface area contributed by atoms with Crippen LogP contribution in [-0.4, -0.2) is 4.57 Å². The maximum Gasteiger partial charge on any atom is 0.0542 e. The zero-order valence-corrected chi connectivity index (χ0v) is 29.4. The van der Waals surface area contributed by atoms with Crippen LogP contribution in [0.25, 0.3) is 91.5 Å². The van der Waals surface area contributed by atoms with Crippen LogP contribution in [0.1, 0.15) is 0 Å². The SMILES string of the molecule is c1ccc(-n2c3ccccc3c3cc(N(c4ccc5c(c4)-c4c6ccccc6cc6cccc-5c46)c4ccc5sc6ccccc6c5c4)ccc32)cc1. The molecule has 0 fully saturated rings. The first-order valence-electron chi connectivity index (χ1n) is 18.2. The Balaban J connectivity index is 1.13. The second-order valence-electron chi connectivity index (χ2n) is 14.1. The zero-order chi connectivity index (χ0) is 34.6. The number of benzene rings is 9. The Hall–Kier alpha value is -6.68. The molecule has 0 aliphatic heterocycles. The molecule has 11 aromatic rings. The summed E-state index contributed by atoms with van der Waals surface area (Å²) in [4.78, 5) is 2.46. The number of hydrogen-bond acceptors (Lipinski definition) is 2. The first-order valence-corrected chi connectivity index (χ1v) is 19.0. The van der Waals surface area contributed by atoms with Crippen molar-refractivity contribution in [1.29, 1.82) is 0 Å². The van der Waals surface area contributed by atoms with E-state index < -0.39 is 0 Å². The molecule has 0 bridgehead atoms. The predicted molar refractivity (Wildman–Crippen MR) is 228 cm³/mol. The van der Waals surface area contributed by atoms with Crippen LogP contribution in [0.2, 0.25) is 0 Å². The average Bonchev–Trinajstić information content (AvgIpc) is 3.87. The first kappa shape index (κ1) is 29.0. The normalized spacial score (nSPS) is 12.2. The molecule has 0 atom stereocenters. The van der Waals surface area contributed by atoms with E-state index in [-0.39, 0.29) is 0 Å². The van der Waals surface area contributed by atoms with E-state index in [2.05, 4.69) is 191 Å². The van der Waals surface area contributed by atoms with Gasteiger partial charge in [0.15, 0.2) is 0 Å². The van der Waals surface area contributed by atoms with Gasteiger partial charge >= 0.3 is 0 Å². The fraction of sp³-hybridized carbons (Fsp3) is 0. The quantitative estimate of drug-likeness (QED) is 0.167. The molecule has 2 nitrogen and oxygen atoms in total. The van der Waals surface area contributed by atoms with E-state index in [0.29, 0.717) is 0 Å². The Bertz CT molecular complexity index is 3290. The van der Waals surface area contributed by atoms with Crippen molar-refractivity contribution in [2.45, 2.75) is 0 Å². The Labute approximate surface area is 310 Å². The van der Waals surface area contributed by atoms with Crippen molar-refractivity contribution in [3.8, 4) is 27.9 Å². The minimum absolute atomic E-state index is 1.13. The molecule has 53 heavy (non-hydrogen) atoms. The smallest absolute Gasteiger partial charge is 0.0542 e. The fourth-order valence-corrected chi connectivity index (χ4v) is 10.1. The lowest BCUT2D eigenvalue weighted by molar-refractivity contribution is 1.18. The third-order valence-corrected chi connectivity index (χ3v) is 12.4. The van der Waals surface area contributed by atoms with Crippen molar-refractivity contribution < 1.29 is 0 Å². The molecule has 0 spiro atoms. The third-order valence-electron chi connectivity index (χ3n) is 11.3. The van der Waals surface area contributed by atoms with Gasteiger partial charge in [-0.3, -0.25) is 0 Å². The van der Waals surface area contributed by atoms with Gasteiger partial charge in [-0.05, 0) is 123 Å². The molecule has 9 aromatic carbocycles. The highest BCUT2D eigenvalue weighted by molar-refractivity contribution is 7.25. The summed E-state index contributed by atoms with van der Waals surface area (Å²) in [7, 11) is 0. The molecule has 1 aliphatic carbocycles. The Morgan fingerprint density at radius 1 is 0.377 bits per heavy atom. The lowest BCUT2D eigenvalue weighted by Gasteiger charge is -2.27. The van der Waals surface area contributed by atoms with Gasteiger partial charge in [-0.15, -0.1) is 11.3 Å². The van der Waals surface area contributed by atoms with Gasteiger partial charge in [0.05, 0.1) is 11.0 Å². The minimum Gasteiger partial charge on any atom is -0.310 e. The number of anilines is 3. The third kappa shape index (κ3) is 4.14. The summed E-state index contributed by atoms with van der Waals surface area (Å²) in [6.45, 7) is 0. The van der Waals surface area contributed by atoms with Crippen LogP contribution in [0.4, 0.5) is 17.1 Å². The average molecular weight is 691 g/mol. The van der Waals surface area contributed by atoms with Crippen LogP contribution in [0.15, 0.2) is 182 Å². The predicted octanol–water partition coefficient (Wildman–Crippen LogP) is 14.6.